The molecule has 8 heteroatoms. The zero-order valence-electron chi connectivity index (χ0n) is 10.7. The number of methoxy groups -OCH3 is 1. The van der Waals surface area contributed by atoms with Gasteiger partial charge < -0.3 is 10.5 Å². The predicted molar refractivity (Wildman–Crippen MR) is 82.0 cm³/mol. The number of nitrogens with zero attached hydrogens (tertiary/aromatic N) is 4. The highest BCUT2D eigenvalue weighted by molar-refractivity contribution is 9.11. The molecule has 0 fully saturated rings. The summed E-state index contributed by atoms with van der Waals surface area (Å²) in [6.07, 6.45) is 2.33. The van der Waals surface area contributed by atoms with Crippen molar-refractivity contribution in [3.8, 4) is 5.88 Å². The molecule has 0 aliphatic carbocycles. The number of imidazole rings is 1. The number of thiophene rings is 1. The topological polar surface area (TPSA) is 78.8 Å². The fraction of sp³-hybridized carbons (Fsp3) is 0.250. The van der Waals surface area contributed by atoms with Crippen molar-refractivity contribution >= 4 is 44.4 Å². The summed E-state index contributed by atoms with van der Waals surface area (Å²) >= 11 is 5.17. The molecule has 0 spiro atoms. The Hall–Kier alpha value is -1.67. The predicted octanol–water partition coefficient (Wildman–Crippen LogP) is 2.48. The molecule has 104 valence electrons. The molecule has 0 atom stereocenters. The molecular formula is C12H12BrN5OS. The van der Waals surface area contributed by atoms with E-state index in [-0.39, 0.29) is 0 Å². The van der Waals surface area contributed by atoms with Crippen LogP contribution in [0.3, 0.4) is 0 Å². The van der Waals surface area contributed by atoms with Crippen LogP contribution in [-0.4, -0.2) is 26.6 Å². The molecule has 2 N–H and O–H groups in total. The number of rotatable bonds is 4. The van der Waals surface area contributed by atoms with E-state index in [0.717, 1.165) is 16.8 Å². The number of hydrogen-bond acceptors (Lipinski definition) is 6. The fourth-order valence-corrected chi connectivity index (χ4v) is 3.48. The Balaban J connectivity index is 1.93. The number of hydrogen-bond donors (Lipinski definition) is 1. The summed E-state index contributed by atoms with van der Waals surface area (Å²) in [7, 11) is 1.56. The molecule has 0 saturated heterocycles. The molecule has 0 aliphatic heterocycles. The van der Waals surface area contributed by atoms with E-state index < -0.39 is 0 Å². The zero-order chi connectivity index (χ0) is 14.1. The van der Waals surface area contributed by atoms with Crippen molar-refractivity contribution in [3.05, 3.63) is 27.1 Å². The van der Waals surface area contributed by atoms with Gasteiger partial charge in [0, 0.05) is 11.4 Å². The van der Waals surface area contributed by atoms with Crippen molar-refractivity contribution in [2.24, 2.45) is 0 Å². The first-order valence-electron chi connectivity index (χ1n) is 5.94. The smallest absolute Gasteiger partial charge is 0.245 e. The normalized spacial score (nSPS) is 11.1. The molecule has 0 unspecified atom stereocenters. The van der Waals surface area contributed by atoms with Gasteiger partial charge in [-0.05, 0) is 34.5 Å². The van der Waals surface area contributed by atoms with Crippen LogP contribution in [0.15, 0.2) is 22.2 Å². The number of nitrogen functional groups attached to an aromatic ring is 1. The molecular weight excluding hydrogens is 342 g/mol. The van der Waals surface area contributed by atoms with Gasteiger partial charge in [-0.3, -0.25) is 4.57 Å². The molecule has 6 nitrogen and oxygen atoms in total. The second-order valence-electron chi connectivity index (χ2n) is 4.13. The highest BCUT2D eigenvalue weighted by atomic mass is 79.9. The van der Waals surface area contributed by atoms with Crippen molar-refractivity contribution in [1.29, 1.82) is 0 Å². The lowest BCUT2D eigenvalue weighted by Crippen LogP contribution is -2.06. The number of aryl methyl sites for hydroxylation is 2. The van der Waals surface area contributed by atoms with E-state index in [1.54, 1.807) is 18.4 Å². The van der Waals surface area contributed by atoms with Gasteiger partial charge in [0.25, 0.3) is 0 Å². The van der Waals surface area contributed by atoms with E-state index >= 15 is 0 Å². The number of anilines is 1. The van der Waals surface area contributed by atoms with Gasteiger partial charge in [0.1, 0.15) is 6.33 Å². The van der Waals surface area contributed by atoms with Crippen LogP contribution in [0, 0.1) is 0 Å². The number of halogens is 1. The molecule has 3 heterocycles. The van der Waals surface area contributed by atoms with Crippen LogP contribution in [-0.2, 0) is 13.0 Å². The molecule has 0 saturated carbocycles. The molecule has 3 aromatic rings. The second kappa shape index (κ2) is 5.37. The van der Waals surface area contributed by atoms with Crippen LogP contribution in [0.4, 0.5) is 5.95 Å². The maximum absolute atomic E-state index is 5.97. The zero-order valence-corrected chi connectivity index (χ0v) is 13.1. The first-order chi connectivity index (χ1) is 9.69. The van der Waals surface area contributed by atoms with E-state index in [1.807, 2.05) is 10.6 Å². The van der Waals surface area contributed by atoms with Crippen molar-refractivity contribution < 1.29 is 4.74 Å². The lowest BCUT2D eigenvalue weighted by molar-refractivity contribution is 0.401. The van der Waals surface area contributed by atoms with Crippen molar-refractivity contribution in [1.82, 2.24) is 19.5 Å². The highest BCUT2D eigenvalue weighted by Gasteiger charge is 2.14. The molecule has 20 heavy (non-hydrogen) atoms. The summed E-state index contributed by atoms with van der Waals surface area (Å²) in [6, 6.07) is 4.14. The molecule has 0 bridgehead atoms. The van der Waals surface area contributed by atoms with E-state index in [2.05, 4.69) is 36.9 Å². The summed E-state index contributed by atoms with van der Waals surface area (Å²) in [4.78, 5) is 13.8. The Morgan fingerprint density at radius 2 is 2.25 bits per heavy atom. The van der Waals surface area contributed by atoms with E-state index in [0.29, 0.717) is 23.0 Å². The molecule has 0 aromatic carbocycles. The quantitative estimate of drug-likeness (QED) is 0.779. The van der Waals surface area contributed by atoms with E-state index in [9.17, 15) is 0 Å². The van der Waals surface area contributed by atoms with E-state index in [1.165, 1.54) is 11.2 Å². The van der Waals surface area contributed by atoms with Crippen LogP contribution >= 0.6 is 27.3 Å². The summed E-state index contributed by atoms with van der Waals surface area (Å²) in [5.74, 6) is 0.869. The Kier molecular flexibility index (Phi) is 3.58. The first-order valence-corrected chi connectivity index (χ1v) is 7.55. The van der Waals surface area contributed by atoms with Crippen molar-refractivity contribution in [2.45, 2.75) is 13.0 Å². The summed E-state index contributed by atoms with van der Waals surface area (Å²) in [5.41, 5.74) is 7.27. The highest BCUT2D eigenvalue weighted by Crippen LogP contribution is 2.25. The van der Waals surface area contributed by atoms with E-state index in [4.69, 9.17) is 10.5 Å². The van der Waals surface area contributed by atoms with Crippen molar-refractivity contribution in [3.63, 3.8) is 0 Å². The molecule has 0 aliphatic rings. The summed E-state index contributed by atoms with van der Waals surface area (Å²) in [6.45, 7) is 0.718. The average molecular weight is 354 g/mol. The maximum Gasteiger partial charge on any atom is 0.245 e. The third-order valence-electron chi connectivity index (χ3n) is 2.93. The Labute approximate surface area is 127 Å². The van der Waals surface area contributed by atoms with Crippen molar-refractivity contribution in [2.75, 3.05) is 12.8 Å². The average Bonchev–Trinajstić information content (AvgIpc) is 2.99. The van der Waals surface area contributed by atoms with Gasteiger partial charge >= 0.3 is 0 Å². The van der Waals surface area contributed by atoms with Gasteiger partial charge in [-0.15, -0.1) is 11.3 Å². The minimum absolute atomic E-state index is 0.425. The van der Waals surface area contributed by atoms with Gasteiger partial charge in [-0.25, -0.2) is 9.97 Å². The van der Waals surface area contributed by atoms with Crippen LogP contribution in [0.1, 0.15) is 4.88 Å². The molecule has 3 aromatic heterocycles. The minimum atomic E-state index is 0.425. The van der Waals surface area contributed by atoms with Gasteiger partial charge in [-0.2, -0.15) is 4.98 Å². The fourth-order valence-electron chi connectivity index (χ4n) is 2.01. The van der Waals surface area contributed by atoms with Gasteiger partial charge in [0.05, 0.1) is 10.9 Å². The first kappa shape index (κ1) is 13.3. The lowest BCUT2D eigenvalue weighted by Gasteiger charge is -2.04. The van der Waals surface area contributed by atoms with Gasteiger partial charge in [-0.1, -0.05) is 0 Å². The Morgan fingerprint density at radius 1 is 1.40 bits per heavy atom. The van der Waals surface area contributed by atoms with Gasteiger partial charge in [0.15, 0.2) is 11.2 Å². The maximum atomic E-state index is 5.97. The summed E-state index contributed by atoms with van der Waals surface area (Å²) < 4.78 is 8.18. The standard InChI is InChI=1S/C12H12BrN5OS/c1-19-11-9-10(15-6-16-11)18(12(14)17-9)5-4-7-2-3-8(13)20-7/h2-3,6H,4-5H2,1H3,(H2,14,17). The summed E-state index contributed by atoms with van der Waals surface area (Å²) in [5, 5.41) is 0. The monoisotopic (exact) mass is 353 g/mol. The van der Waals surface area contributed by atoms with Crippen LogP contribution in [0.25, 0.3) is 11.2 Å². The second-order valence-corrected chi connectivity index (χ2v) is 6.68. The number of nitrogens with two attached hydrogens (primary N) is 1. The molecule has 3 rings (SSSR count). The van der Waals surface area contributed by atoms with Gasteiger partial charge in [0.2, 0.25) is 11.8 Å². The number of ether oxygens (including phenoxy) is 1. The number of fused-ring (bicyclic) bond motifs is 1. The number of aromatic nitrogens is 4. The largest absolute Gasteiger partial charge is 0.479 e. The Morgan fingerprint density at radius 3 is 2.95 bits per heavy atom. The lowest BCUT2D eigenvalue weighted by atomic mass is 10.3. The van der Waals surface area contributed by atoms with Crippen LogP contribution in [0.5, 0.6) is 5.88 Å². The van der Waals surface area contributed by atoms with Crippen LogP contribution < -0.4 is 10.5 Å². The SMILES string of the molecule is COc1ncnc2c1nc(N)n2CCc1ccc(Br)s1. The minimum Gasteiger partial charge on any atom is -0.479 e. The van der Waals surface area contributed by atoms with Crippen LogP contribution in [0.2, 0.25) is 0 Å². The molecule has 0 radical (unpaired) electrons. The Bertz CT molecular complexity index is 753. The third kappa shape index (κ3) is 2.36. The third-order valence-corrected chi connectivity index (χ3v) is 4.62. The molecule has 0 amide bonds.